The summed E-state index contributed by atoms with van der Waals surface area (Å²) in [6, 6.07) is 19.1. The number of aromatic nitrogens is 1. The molecule has 0 unspecified atom stereocenters. The fourth-order valence-corrected chi connectivity index (χ4v) is 2.62. The van der Waals surface area contributed by atoms with E-state index in [1.807, 2.05) is 61.5 Å². The molecule has 0 aliphatic carbocycles. The zero-order valence-electron chi connectivity index (χ0n) is 13.1. The number of nitrogens with one attached hydrogen (secondary N) is 2. The summed E-state index contributed by atoms with van der Waals surface area (Å²) >= 11 is 3.41. The van der Waals surface area contributed by atoms with Gasteiger partial charge in [0, 0.05) is 10.2 Å². The zero-order valence-corrected chi connectivity index (χ0v) is 14.7. The Labute approximate surface area is 149 Å². The number of aryl methyl sites for hydroxylation is 1. The molecule has 0 atom stereocenters. The lowest BCUT2D eigenvalue weighted by Crippen LogP contribution is -2.13. The van der Waals surface area contributed by atoms with Gasteiger partial charge in [-0.1, -0.05) is 24.3 Å². The standard InChI is InChI=1S/C19H16BrN3O/c1-13-5-4-6-14(11-13)22-15-9-10-18(21-12-15)19(24)23-17-8-3-2-7-16(17)20/h2-12,22H,1H3,(H,23,24). The second-order valence-electron chi connectivity index (χ2n) is 5.36. The van der Waals surface area contributed by atoms with Gasteiger partial charge in [0.1, 0.15) is 5.69 Å². The summed E-state index contributed by atoms with van der Waals surface area (Å²) in [5, 5.41) is 6.10. The van der Waals surface area contributed by atoms with Crippen LogP contribution in [0.4, 0.5) is 17.1 Å². The molecule has 5 heteroatoms. The normalized spacial score (nSPS) is 10.2. The summed E-state index contributed by atoms with van der Waals surface area (Å²) in [6.45, 7) is 2.04. The molecule has 0 aliphatic heterocycles. The van der Waals surface area contributed by atoms with Crippen LogP contribution in [0.2, 0.25) is 0 Å². The topological polar surface area (TPSA) is 54.0 Å². The van der Waals surface area contributed by atoms with Crippen molar-refractivity contribution < 1.29 is 4.79 Å². The smallest absolute Gasteiger partial charge is 0.274 e. The van der Waals surface area contributed by atoms with E-state index in [4.69, 9.17) is 0 Å². The number of para-hydroxylation sites is 1. The zero-order chi connectivity index (χ0) is 16.9. The minimum atomic E-state index is -0.246. The highest BCUT2D eigenvalue weighted by Gasteiger charge is 2.09. The number of halogens is 1. The highest BCUT2D eigenvalue weighted by Crippen LogP contribution is 2.22. The Morgan fingerprint density at radius 1 is 1.00 bits per heavy atom. The van der Waals surface area contributed by atoms with Crippen LogP contribution >= 0.6 is 15.9 Å². The van der Waals surface area contributed by atoms with Crippen molar-refractivity contribution in [1.29, 1.82) is 0 Å². The van der Waals surface area contributed by atoms with E-state index in [-0.39, 0.29) is 5.91 Å². The number of benzene rings is 2. The quantitative estimate of drug-likeness (QED) is 0.656. The lowest BCUT2D eigenvalue weighted by atomic mass is 10.2. The summed E-state index contributed by atoms with van der Waals surface area (Å²) < 4.78 is 0.830. The van der Waals surface area contributed by atoms with Gasteiger partial charge in [0.05, 0.1) is 17.6 Å². The molecule has 1 amide bonds. The summed E-state index contributed by atoms with van der Waals surface area (Å²) in [5.74, 6) is -0.246. The van der Waals surface area contributed by atoms with E-state index in [9.17, 15) is 4.79 Å². The average Bonchev–Trinajstić information content (AvgIpc) is 2.57. The predicted molar refractivity (Wildman–Crippen MR) is 101 cm³/mol. The molecule has 0 aliphatic rings. The van der Waals surface area contributed by atoms with E-state index >= 15 is 0 Å². The van der Waals surface area contributed by atoms with E-state index in [0.717, 1.165) is 15.8 Å². The highest BCUT2D eigenvalue weighted by atomic mass is 79.9. The van der Waals surface area contributed by atoms with Gasteiger partial charge in [-0.25, -0.2) is 4.98 Å². The van der Waals surface area contributed by atoms with Crippen LogP contribution in [0.15, 0.2) is 71.3 Å². The highest BCUT2D eigenvalue weighted by molar-refractivity contribution is 9.10. The Kier molecular flexibility index (Phi) is 4.91. The molecule has 2 N–H and O–H groups in total. The third kappa shape index (κ3) is 4.00. The lowest BCUT2D eigenvalue weighted by Gasteiger charge is -2.09. The maximum absolute atomic E-state index is 12.3. The molecule has 0 fully saturated rings. The second kappa shape index (κ2) is 7.27. The molecular weight excluding hydrogens is 366 g/mol. The molecule has 0 radical (unpaired) electrons. The first kappa shape index (κ1) is 16.2. The van der Waals surface area contributed by atoms with Crippen molar-refractivity contribution in [1.82, 2.24) is 4.98 Å². The van der Waals surface area contributed by atoms with E-state index in [1.165, 1.54) is 5.56 Å². The number of anilines is 3. The first-order valence-electron chi connectivity index (χ1n) is 7.47. The van der Waals surface area contributed by atoms with Crippen LogP contribution in [-0.2, 0) is 0 Å². The second-order valence-corrected chi connectivity index (χ2v) is 6.21. The maximum Gasteiger partial charge on any atom is 0.274 e. The van der Waals surface area contributed by atoms with Gasteiger partial charge in [0.25, 0.3) is 5.91 Å². The van der Waals surface area contributed by atoms with E-state index in [1.54, 1.807) is 12.3 Å². The third-order valence-corrected chi connectivity index (χ3v) is 4.12. The Hall–Kier alpha value is -2.66. The summed E-state index contributed by atoms with van der Waals surface area (Å²) in [5.41, 5.74) is 4.07. The molecule has 0 bridgehead atoms. The largest absolute Gasteiger partial charge is 0.354 e. The number of hydrogen-bond donors (Lipinski definition) is 2. The van der Waals surface area contributed by atoms with Crippen molar-refractivity contribution in [3.8, 4) is 0 Å². The summed E-state index contributed by atoms with van der Waals surface area (Å²) in [4.78, 5) is 16.5. The molecule has 24 heavy (non-hydrogen) atoms. The van der Waals surface area contributed by atoms with Crippen LogP contribution in [0.25, 0.3) is 0 Å². The Morgan fingerprint density at radius 3 is 2.54 bits per heavy atom. The van der Waals surface area contributed by atoms with Crippen molar-refractivity contribution in [2.45, 2.75) is 6.92 Å². The van der Waals surface area contributed by atoms with Crippen molar-refractivity contribution in [2.75, 3.05) is 10.6 Å². The van der Waals surface area contributed by atoms with Gasteiger partial charge in [-0.15, -0.1) is 0 Å². The van der Waals surface area contributed by atoms with Crippen LogP contribution in [0.1, 0.15) is 16.1 Å². The number of nitrogens with zero attached hydrogens (tertiary/aromatic N) is 1. The minimum absolute atomic E-state index is 0.246. The molecular formula is C19H16BrN3O. The fourth-order valence-electron chi connectivity index (χ4n) is 2.24. The van der Waals surface area contributed by atoms with Gasteiger partial charge >= 0.3 is 0 Å². The number of hydrogen-bond acceptors (Lipinski definition) is 3. The van der Waals surface area contributed by atoms with Crippen molar-refractivity contribution >= 4 is 38.9 Å². The molecule has 3 rings (SSSR count). The molecule has 2 aromatic carbocycles. The van der Waals surface area contributed by atoms with Gasteiger partial charge in [-0.2, -0.15) is 0 Å². The van der Waals surface area contributed by atoms with Crippen LogP contribution in [-0.4, -0.2) is 10.9 Å². The van der Waals surface area contributed by atoms with Gasteiger partial charge in [-0.05, 0) is 64.8 Å². The van der Waals surface area contributed by atoms with Crippen molar-refractivity contribution in [3.63, 3.8) is 0 Å². The molecule has 1 aromatic heterocycles. The monoisotopic (exact) mass is 381 g/mol. The number of amides is 1. The lowest BCUT2D eigenvalue weighted by molar-refractivity contribution is 0.102. The Bertz CT molecular complexity index is 862. The number of pyridine rings is 1. The number of carbonyl (C=O) groups is 1. The van der Waals surface area contributed by atoms with Crippen molar-refractivity contribution in [3.05, 3.63) is 82.6 Å². The van der Waals surface area contributed by atoms with Crippen LogP contribution < -0.4 is 10.6 Å². The Morgan fingerprint density at radius 2 is 1.83 bits per heavy atom. The molecule has 0 saturated heterocycles. The van der Waals surface area contributed by atoms with Crippen LogP contribution in [0, 0.1) is 6.92 Å². The van der Waals surface area contributed by atoms with Gasteiger partial charge in [-0.3, -0.25) is 4.79 Å². The fraction of sp³-hybridized carbons (Fsp3) is 0.0526. The van der Waals surface area contributed by atoms with Crippen LogP contribution in [0.5, 0.6) is 0 Å². The van der Waals surface area contributed by atoms with Crippen LogP contribution in [0.3, 0.4) is 0 Å². The SMILES string of the molecule is Cc1cccc(Nc2ccc(C(=O)Nc3ccccc3Br)nc2)c1. The molecule has 3 aromatic rings. The Balaban J connectivity index is 1.70. The van der Waals surface area contributed by atoms with E-state index in [2.05, 4.69) is 31.5 Å². The van der Waals surface area contributed by atoms with Crippen molar-refractivity contribution in [2.24, 2.45) is 0 Å². The van der Waals surface area contributed by atoms with Gasteiger partial charge < -0.3 is 10.6 Å². The molecule has 1 heterocycles. The summed E-state index contributed by atoms with van der Waals surface area (Å²) in [7, 11) is 0. The van der Waals surface area contributed by atoms with Gasteiger partial charge in [0.15, 0.2) is 0 Å². The van der Waals surface area contributed by atoms with E-state index < -0.39 is 0 Å². The summed E-state index contributed by atoms with van der Waals surface area (Å²) in [6.07, 6.45) is 1.65. The molecule has 0 spiro atoms. The molecule has 120 valence electrons. The first-order valence-corrected chi connectivity index (χ1v) is 8.27. The van der Waals surface area contributed by atoms with Gasteiger partial charge in [0.2, 0.25) is 0 Å². The number of rotatable bonds is 4. The predicted octanol–water partition coefficient (Wildman–Crippen LogP) is 5.15. The van der Waals surface area contributed by atoms with E-state index in [0.29, 0.717) is 11.4 Å². The maximum atomic E-state index is 12.3. The number of carbonyl (C=O) groups excluding carboxylic acids is 1. The first-order chi connectivity index (χ1) is 11.6. The minimum Gasteiger partial charge on any atom is -0.354 e. The molecule has 4 nitrogen and oxygen atoms in total. The third-order valence-electron chi connectivity index (χ3n) is 3.42. The average molecular weight is 382 g/mol. The molecule has 0 saturated carbocycles.